The molecule has 2 aliphatic rings. The summed E-state index contributed by atoms with van der Waals surface area (Å²) < 4.78 is 20.8. The summed E-state index contributed by atoms with van der Waals surface area (Å²) in [7, 11) is 1.98. The van der Waals surface area contributed by atoms with Gasteiger partial charge in [-0.05, 0) is 78.3 Å². The van der Waals surface area contributed by atoms with Gasteiger partial charge in [0.2, 0.25) is 17.6 Å². The highest BCUT2D eigenvalue weighted by Crippen LogP contribution is 2.32. The molecular formula is C31H42FN11O4S. The molecule has 0 spiro atoms. The Kier molecular flexibility index (Phi) is 11.4. The molecule has 0 radical (unpaired) electrons. The number of hydrogen-bond donors (Lipinski definition) is 3. The van der Waals surface area contributed by atoms with E-state index in [1.54, 1.807) is 24.8 Å². The number of aromatic nitrogens is 6. The van der Waals surface area contributed by atoms with Crippen LogP contribution in [0.3, 0.4) is 0 Å². The van der Waals surface area contributed by atoms with E-state index in [0.717, 1.165) is 37.2 Å². The molecule has 0 bridgehead atoms. The van der Waals surface area contributed by atoms with Gasteiger partial charge in [0.15, 0.2) is 0 Å². The first-order valence-electron chi connectivity index (χ1n) is 16.3. The molecular weight excluding hydrogens is 641 g/mol. The molecule has 3 heterocycles. The Morgan fingerprint density at radius 3 is 2.42 bits per heavy atom. The molecule has 1 saturated heterocycles. The zero-order chi connectivity index (χ0) is 34.4. The predicted molar refractivity (Wildman–Crippen MR) is 175 cm³/mol. The summed E-state index contributed by atoms with van der Waals surface area (Å²) in [6.07, 6.45) is 4.59. The van der Waals surface area contributed by atoms with Gasteiger partial charge in [0, 0.05) is 38.6 Å². The number of piperazine rings is 1. The van der Waals surface area contributed by atoms with Crippen LogP contribution in [-0.2, 0) is 16.1 Å². The van der Waals surface area contributed by atoms with Crippen molar-refractivity contribution in [2.45, 2.75) is 71.0 Å². The number of hydrogen-bond acceptors (Lipinski definition) is 11. The van der Waals surface area contributed by atoms with E-state index in [9.17, 15) is 19.2 Å². The fourth-order valence-corrected chi connectivity index (χ4v) is 6.64. The highest BCUT2D eigenvalue weighted by Gasteiger charge is 2.36. The molecule has 4 amide bonds. The topological polar surface area (TPSA) is 180 Å². The molecule has 3 aromatic rings. The van der Waals surface area contributed by atoms with Crippen LogP contribution in [0, 0.1) is 17.7 Å². The fraction of sp³-hybridized carbons (Fsp3) is 0.581. The lowest BCUT2D eigenvalue weighted by Gasteiger charge is -2.36. The number of carbonyl (C=O) groups is 4. The summed E-state index contributed by atoms with van der Waals surface area (Å²) in [6.45, 7) is 8.46. The number of carbonyl (C=O) groups excluding carboxylic acids is 4. The largest absolute Gasteiger partial charge is 0.339 e. The van der Waals surface area contributed by atoms with Gasteiger partial charge in [0.25, 0.3) is 11.8 Å². The van der Waals surface area contributed by atoms with E-state index >= 15 is 4.39 Å². The predicted octanol–water partition coefficient (Wildman–Crippen LogP) is 1.92. The van der Waals surface area contributed by atoms with Crippen molar-refractivity contribution >= 4 is 40.8 Å². The van der Waals surface area contributed by atoms with Crippen LogP contribution in [0.1, 0.15) is 78.2 Å². The van der Waals surface area contributed by atoms with Crippen LogP contribution < -0.4 is 16.0 Å². The van der Waals surface area contributed by atoms with E-state index in [4.69, 9.17) is 0 Å². The number of halogens is 1. The molecule has 258 valence electrons. The van der Waals surface area contributed by atoms with Gasteiger partial charge in [0.1, 0.15) is 22.8 Å². The normalized spacial score (nSPS) is 20.4. The van der Waals surface area contributed by atoms with E-state index < -0.39 is 41.5 Å². The molecule has 1 aliphatic carbocycles. The molecule has 1 aromatic carbocycles. The number of rotatable bonds is 11. The van der Waals surface area contributed by atoms with E-state index in [0.29, 0.717) is 44.2 Å². The van der Waals surface area contributed by atoms with Crippen molar-refractivity contribution in [3.8, 4) is 0 Å². The second-order valence-electron chi connectivity index (χ2n) is 12.7. The first kappa shape index (κ1) is 34.9. The SMILES string of the molecule is CCn1nnnc1C(=O)N[C@H](C(=O)Nc1ccc([C@H](C)[C@@H](NC(=O)c2cnns2)C(=O)N2CCN(C)CC2)cc1F)C1CCC(C)CC1. The van der Waals surface area contributed by atoms with Gasteiger partial charge < -0.3 is 25.8 Å². The highest BCUT2D eigenvalue weighted by atomic mass is 32.1. The van der Waals surface area contributed by atoms with E-state index in [2.05, 4.69) is 52.9 Å². The van der Waals surface area contributed by atoms with Crippen LogP contribution in [0.4, 0.5) is 10.1 Å². The zero-order valence-electron chi connectivity index (χ0n) is 27.6. The Morgan fingerprint density at radius 1 is 1.04 bits per heavy atom. The van der Waals surface area contributed by atoms with Crippen molar-refractivity contribution in [2.75, 3.05) is 38.5 Å². The molecule has 3 N–H and O–H groups in total. The number of benzene rings is 1. The number of likely N-dealkylation sites (N-methyl/N-ethyl adjacent to an activating group) is 1. The maximum Gasteiger partial charge on any atom is 0.291 e. The Hall–Kier alpha value is -4.38. The summed E-state index contributed by atoms with van der Waals surface area (Å²) in [5.41, 5.74) is 0.387. The molecule has 2 fully saturated rings. The molecule has 5 rings (SSSR count). The van der Waals surface area contributed by atoms with Gasteiger partial charge in [-0.1, -0.05) is 37.2 Å². The summed E-state index contributed by atoms with van der Waals surface area (Å²) in [5, 5.41) is 23.2. The third-order valence-corrected chi connectivity index (χ3v) is 10.0. The smallest absolute Gasteiger partial charge is 0.291 e. The fourth-order valence-electron chi connectivity index (χ4n) is 6.23. The van der Waals surface area contributed by atoms with E-state index in [-0.39, 0.29) is 28.2 Å². The van der Waals surface area contributed by atoms with Crippen LogP contribution in [-0.4, -0.2) is 109 Å². The quantitative estimate of drug-likeness (QED) is 0.270. The standard InChI is InChI=1S/C31H42FN11O4S/c1-5-43-27(37-38-39-43)30(46)36-26(20-8-6-18(2)7-9-20)29(45)34-23-11-10-21(16-22(23)32)19(3)25(35-28(44)24-17-33-40-48-24)31(47)42-14-12-41(4)13-15-42/h10-11,16-20,25-26H,5-9,12-15H2,1-4H3,(H,34,45)(H,35,44)(H,36,46)/t18?,19-,20?,25+,26-/m0/s1. The van der Waals surface area contributed by atoms with E-state index in [1.807, 2.05) is 7.05 Å². The molecule has 0 unspecified atom stereocenters. The monoisotopic (exact) mass is 683 g/mol. The zero-order valence-corrected chi connectivity index (χ0v) is 28.4. The lowest BCUT2D eigenvalue weighted by atomic mass is 9.79. The number of amides is 4. The number of nitrogens with zero attached hydrogens (tertiary/aromatic N) is 8. The Bertz CT molecular complexity index is 1590. The summed E-state index contributed by atoms with van der Waals surface area (Å²) in [5.74, 6) is -2.89. The molecule has 2 aromatic heterocycles. The molecule has 17 heteroatoms. The van der Waals surface area contributed by atoms with Crippen LogP contribution in [0.25, 0.3) is 0 Å². The van der Waals surface area contributed by atoms with Gasteiger partial charge in [-0.3, -0.25) is 19.2 Å². The molecule has 48 heavy (non-hydrogen) atoms. The first-order chi connectivity index (χ1) is 23.0. The van der Waals surface area contributed by atoms with Crippen LogP contribution in [0.2, 0.25) is 0 Å². The van der Waals surface area contributed by atoms with E-state index in [1.165, 1.54) is 23.0 Å². The van der Waals surface area contributed by atoms with Gasteiger partial charge in [-0.15, -0.1) is 10.2 Å². The lowest BCUT2D eigenvalue weighted by molar-refractivity contribution is -0.135. The Balaban J connectivity index is 1.34. The van der Waals surface area contributed by atoms with Crippen molar-refractivity contribution in [3.63, 3.8) is 0 Å². The molecule has 1 saturated carbocycles. The Morgan fingerprint density at radius 2 is 1.77 bits per heavy atom. The minimum absolute atomic E-state index is 0.0108. The highest BCUT2D eigenvalue weighted by molar-refractivity contribution is 7.07. The number of aryl methyl sites for hydroxylation is 1. The molecule has 1 aliphatic heterocycles. The summed E-state index contributed by atoms with van der Waals surface area (Å²) in [4.78, 5) is 57.7. The first-order valence-corrected chi connectivity index (χ1v) is 17.1. The third kappa shape index (κ3) is 8.18. The number of anilines is 1. The minimum atomic E-state index is -0.990. The van der Waals surface area contributed by atoms with Crippen LogP contribution >= 0.6 is 11.5 Å². The van der Waals surface area contributed by atoms with Gasteiger partial charge in [0.05, 0.1) is 11.9 Å². The number of nitrogens with one attached hydrogen (secondary N) is 3. The Labute approximate surface area is 282 Å². The van der Waals surface area contributed by atoms with Crippen LogP contribution in [0.5, 0.6) is 0 Å². The molecule has 15 nitrogen and oxygen atoms in total. The van der Waals surface area contributed by atoms with Gasteiger partial charge >= 0.3 is 0 Å². The third-order valence-electron chi connectivity index (χ3n) is 9.36. The van der Waals surface area contributed by atoms with Gasteiger partial charge in [-0.2, -0.15) is 0 Å². The summed E-state index contributed by atoms with van der Waals surface area (Å²) in [6, 6.07) is 2.39. The van der Waals surface area contributed by atoms with Crippen molar-refractivity contribution < 1.29 is 23.6 Å². The van der Waals surface area contributed by atoms with Crippen molar-refractivity contribution in [1.29, 1.82) is 0 Å². The number of tetrazole rings is 1. The minimum Gasteiger partial charge on any atom is -0.339 e. The average Bonchev–Trinajstić information content (AvgIpc) is 3.80. The maximum absolute atomic E-state index is 15.7. The molecule has 3 atom stereocenters. The average molecular weight is 684 g/mol. The van der Waals surface area contributed by atoms with Crippen molar-refractivity contribution in [1.82, 2.24) is 50.2 Å². The second-order valence-corrected chi connectivity index (χ2v) is 13.5. The lowest BCUT2D eigenvalue weighted by Crippen LogP contribution is -2.55. The van der Waals surface area contributed by atoms with Gasteiger partial charge in [-0.25, -0.2) is 9.07 Å². The van der Waals surface area contributed by atoms with Crippen molar-refractivity contribution in [2.24, 2.45) is 11.8 Å². The second kappa shape index (κ2) is 15.7. The van der Waals surface area contributed by atoms with Crippen LogP contribution in [0.15, 0.2) is 24.4 Å². The maximum atomic E-state index is 15.7. The van der Waals surface area contributed by atoms with Crippen molar-refractivity contribution in [3.05, 3.63) is 46.5 Å². The summed E-state index contributed by atoms with van der Waals surface area (Å²) >= 11 is 0.913.